The average molecular weight is 418 g/mol. The second kappa shape index (κ2) is 9.18. The quantitative estimate of drug-likeness (QED) is 0.512. The van der Waals surface area contributed by atoms with Gasteiger partial charge < -0.3 is 20.5 Å². The summed E-state index contributed by atoms with van der Waals surface area (Å²) in [5, 5.41) is 16.1. The summed E-state index contributed by atoms with van der Waals surface area (Å²) in [6.07, 6.45) is 2.51. The molecule has 6 heteroatoms. The molecule has 3 N–H and O–H groups in total. The first kappa shape index (κ1) is 20.9. The molecule has 2 atom stereocenters. The van der Waals surface area contributed by atoms with Gasteiger partial charge in [-0.15, -0.1) is 0 Å². The van der Waals surface area contributed by atoms with Crippen molar-refractivity contribution < 1.29 is 14.6 Å². The molecule has 0 amide bonds. The molecule has 0 unspecified atom stereocenters. The fourth-order valence-corrected chi connectivity index (χ4v) is 4.03. The van der Waals surface area contributed by atoms with Gasteiger partial charge in [0.1, 0.15) is 11.4 Å². The highest BCUT2D eigenvalue weighted by atomic mass is 16.5. The van der Waals surface area contributed by atoms with Crippen molar-refractivity contribution in [2.24, 2.45) is 0 Å². The van der Waals surface area contributed by atoms with Gasteiger partial charge in [-0.05, 0) is 42.2 Å². The van der Waals surface area contributed by atoms with Gasteiger partial charge in [-0.3, -0.25) is 4.79 Å². The van der Waals surface area contributed by atoms with E-state index in [2.05, 4.69) is 34.7 Å². The lowest BCUT2D eigenvalue weighted by atomic mass is 9.86. The van der Waals surface area contributed by atoms with Gasteiger partial charge in [-0.25, -0.2) is 4.98 Å². The second-order valence-corrected chi connectivity index (χ2v) is 7.94. The Morgan fingerprint density at radius 1 is 1.13 bits per heavy atom. The predicted molar refractivity (Wildman–Crippen MR) is 121 cm³/mol. The summed E-state index contributed by atoms with van der Waals surface area (Å²) in [6.45, 7) is 3.32. The Morgan fingerprint density at radius 2 is 1.94 bits per heavy atom. The highest BCUT2D eigenvalue weighted by Crippen LogP contribution is 2.35. The predicted octanol–water partition coefficient (Wildman–Crippen LogP) is 4.09. The summed E-state index contributed by atoms with van der Waals surface area (Å²) in [7, 11) is 0. The molecule has 0 aliphatic carbocycles. The van der Waals surface area contributed by atoms with Crippen LogP contribution in [0.3, 0.4) is 0 Å². The molecule has 0 bridgehead atoms. The normalized spacial score (nSPS) is 17.0. The summed E-state index contributed by atoms with van der Waals surface area (Å²) >= 11 is 0. The molecule has 6 nitrogen and oxygen atoms in total. The lowest BCUT2D eigenvalue weighted by Gasteiger charge is -2.41. The molecule has 160 valence electrons. The smallest absolute Gasteiger partial charge is 0.307 e. The molecule has 0 saturated heterocycles. The van der Waals surface area contributed by atoms with Crippen LogP contribution in [0.1, 0.15) is 23.6 Å². The Balaban J connectivity index is 1.51. The van der Waals surface area contributed by atoms with Crippen LogP contribution >= 0.6 is 0 Å². The molecule has 1 aromatic heterocycles. The molecule has 31 heavy (non-hydrogen) atoms. The van der Waals surface area contributed by atoms with Gasteiger partial charge in [0.2, 0.25) is 0 Å². The number of carboxylic acid groups (broad SMARTS) is 1. The number of nitrogens with zero attached hydrogens (tertiary/aromatic N) is 1. The number of benzene rings is 2. The minimum absolute atomic E-state index is 0.0179. The van der Waals surface area contributed by atoms with Crippen molar-refractivity contribution in [2.45, 2.75) is 31.4 Å². The zero-order valence-electron chi connectivity index (χ0n) is 17.5. The van der Waals surface area contributed by atoms with Crippen LogP contribution in [0.2, 0.25) is 0 Å². The van der Waals surface area contributed by atoms with Crippen molar-refractivity contribution in [3.8, 4) is 0 Å². The molecule has 4 rings (SSSR count). The Kier molecular flexibility index (Phi) is 6.18. The summed E-state index contributed by atoms with van der Waals surface area (Å²) in [5.41, 5.74) is 3.37. The number of carbonyl (C=O) groups is 1. The molecule has 3 aromatic rings. The number of carboxylic acids is 1. The number of fused-ring (bicyclic) bond motifs is 1. The summed E-state index contributed by atoms with van der Waals surface area (Å²) in [4.78, 5) is 15.5. The van der Waals surface area contributed by atoms with Crippen LogP contribution in [0.25, 0.3) is 0 Å². The first-order valence-electron chi connectivity index (χ1n) is 10.5. The molecule has 0 fully saturated rings. The minimum Gasteiger partial charge on any atom is -0.481 e. The Morgan fingerprint density at radius 3 is 2.74 bits per heavy atom. The Labute approximate surface area is 182 Å². The van der Waals surface area contributed by atoms with Gasteiger partial charge in [0, 0.05) is 12.7 Å². The number of anilines is 2. The number of rotatable bonds is 8. The lowest BCUT2D eigenvalue weighted by Crippen LogP contribution is -2.50. The topological polar surface area (TPSA) is 83.5 Å². The maximum atomic E-state index is 11.0. The highest BCUT2D eigenvalue weighted by Gasteiger charge is 2.39. The van der Waals surface area contributed by atoms with Crippen molar-refractivity contribution in [1.82, 2.24) is 4.98 Å². The van der Waals surface area contributed by atoms with Crippen molar-refractivity contribution in [3.05, 3.63) is 89.6 Å². The summed E-state index contributed by atoms with van der Waals surface area (Å²) in [6, 6.07) is 21.8. The number of ether oxygens (including phenoxy) is 1. The fraction of sp³-hybridized carbons (Fsp3) is 0.280. The molecule has 1 aliphatic rings. The van der Waals surface area contributed by atoms with E-state index >= 15 is 0 Å². The van der Waals surface area contributed by atoms with E-state index in [1.165, 1.54) is 0 Å². The van der Waals surface area contributed by atoms with E-state index in [0.29, 0.717) is 19.6 Å². The summed E-state index contributed by atoms with van der Waals surface area (Å²) in [5.74, 6) is 0.000643. The van der Waals surface area contributed by atoms with Crippen LogP contribution in [0.5, 0.6) is 0 Å². The molecule has 0 saturated carbocycles. The maximum Gasteiger partial charge on any atom is 0.307 e. The van der Waals surface area contributed by atoms with Crippen molar-refractivity contribution >= 4 is 17.5 Å². The molecule has 0 spiro atoms. The van der Waals surface area contributed by atoms with E-state index in [-0.39, 0.29) is 12.5 Å². The number of hydrogen-bond acceptors (Lipinski definition) is 5. The van der Waals surface area contributed by atoms with E-state index in [1.807, 2.05) is 54.6 Å². The molecular weight excluding hydrogens is 390 g/mol. The number of pyridine rings is 1. The van der Waals surface area contributed by atoms with Crippen molar-refractivity contribution in [1.29, 1.82) is 0 Å². The van der Waals surface area contributed by atoms with Gasteiger partial charge in [0.05, 0.1) is 24.8 Å². The molecule has 1 aliphatic heterocycles. The van der Waals surface area contributed by atoms with Crippen molar-refractivity contribution in [2.75, 3.05) is 23.8 Å². The van der Waals surface area contributed by atoms with Crippen molar-refractivity contribution in [3.63, 3.8) is 0 Å². The van der Waals surface area contributed by atoms with E-state index in [0.717, 1.165) is 28.2 Å². The van der Waals surface area contributed by atoms with Gasteiger partial charge in [-0.2, -0.15) is 0 Å². The lowest BCUT2D eigenvalue weighted by molar-refractivity contribution is -0.136. The third kappa shape index (κ3) is 4.86. The number of hydrogen-bond donors (Lipinski definition) is 3. The molecule has 0 radical (unpaired) electrons. The third-order valence-corrected chi connectivity index (χ3v) is 5.77. The zero-order chi connectivity index (χ0) is 21.7. The maximum absolute atomic E-state index is 11.0. The number of aliphatic carboxylic acids is 1. The highest BCUT2D eigenvalue weighted by molar-refractivity contribution is 5.70. The summed E-state index contributed by atoms with van der Waals surface area (Å²) < 4.78 is 6.55. The minimum atomic E-state index is -0.824. The first-order chi connectivity index (χ1) is 15.0. The zero-order valence-corrected chi connectivity index (χ0v) is 17.5. The largest absolute Gasteiger partial charge is 0.481 e. The SMILES string of the molecule is C[C@@](OCCc1cccc(CC(=O)O)c1)(c1ccccc1)[C@H]1CNc2cccnc2N1. The average Bonchev–Trinajstić information content (AvgIpc) is 2.79. The van der Waals surface area contributed by atoms with E-state index in [9.17, 15) is 4.79 Å². The van der Waals surface area contributed by atoms with Crippen LogP contribution < -0.4 is 10.6 Å². The van der Waals surface area contributed by atoms with Crippen LogP contribution in [-0.2, 0) is 28.0 Å². The second-order valence-electron chi connectivity index (χ2n) is 7.94. The van der Waals surface area contributed by atoms with E-state index in [4.69, 9.17) is 9.84 Å². The van der Waals surface area contributed by atoms with Crippen LogP contribution in [0.15, 0.2) is 72.9 Å². The fourth-order valence-electron chi connectivity index (χ4n) is 4.03. The van der Waals surface area contributed by atoms with E-state index in [1.54, 1.807) is 6.20 Å². The van der Waals surface area contributed by atoms with Gasteiger partial charge in [0.25, 0.3) is 0 Å². The molecular formula is C25H27N3O3. The molecule has 2 heterocycles. The third-order valence-electron chi connectivity index (χ3n) is 5.77. The van der Waals surface area contributed by atoms with Gasteiger partial charge >= 0.3 is 5.97 Å². The Bertz CT molecular complexity index is 1040. The number of nitrogens with one attached hydrogen (secondary N) is 2. The standard InChI is InChI=1S/C25H27N3O3/c1-25(20-9-3-2-4-10-20,22-17-27-21-11-6-13-26-24(21)28-22)31-14-12-18-7-5-8-19(15-18)16-23(29)30/h2-11,13,15,22,27H,12,14,16-17H2,1H3,(H,26,28)(H,29,30)/t22-,25-/m1/s1. The van der Waals surface area contributed by atoms with Crippen LogP contribution in [0.4, 0.5) is 11.5 Å². The number of aromatic nitrogens is 1. The van der Waals surface area contributed by atoms with E-state index < -0.39 is 11.6 Å². The molecule has 2 aromatic carbocycles. The van der Waals surface area contributed by atoms with Crippen LogP contribution in [0, 0.1) is 0 Å². The monoisotopic (exact) mass is 417 g/mol. The van der Waals surface area contributed by atoms with Gasteiger partial charge in [-0.1, -0.05) is 54.6 Å². The first-order valence-corrected chi connectivity index (χ1v) is 10.5. The Hall–Kier alpha value is -3.38. The van der Waals surface area contributed by atoms with Gasteiger partial charge in [0.15, 0.2) is 0 Å². The van der Waals surface area contributed by atoms with Crippen LogP contribution in [-0.4, -0.2) is 35.3 Å².